The van der Waals surface area contributed by atoms with E-state index in [4.69, 9.17) is 37.5 Å². The number of alkyl halides is 2. The Bertz CT molecular complexity index is 1290. The summed E-state index contributed by atoms with van der Waals surface area (Å²) in [6.07, 6.45) is 0. The van der Waals surface area contributed by atoms with Gasteiger partial charge in [-0.1, -0.05) is 17.3 Å². The zero-order valence-electron chi connectivity index (χ0n) is 21.3. The molecule has 214 valence electrons. The number of methoxy groups -OCH3 is 1. The summed E-state index contributed by atoms with van der Waals surface area (Å²) in [5, 5.41) is 10.1. The molecule has 0 saturated carbocycles. The van der Waals surface area contributed by atoms with Crippen LogP contribution >= 0.6 is 46.3 Å². The summed E-state index contributed by atoms with van der Waals surface area (Å²) in [7, 11) is 2.82. The monoisotopic (exact) mass is 629 g/mol. The van der Waals surface area contributed by atoms with E-state index in [1.807, 2.05) is 0 Å². The fraction of sp³-hybridized carbons (Fsp3) is 0.417. The highest BCUT2D eigenvalue weighted by Gasteiger charge is 2.58. The molecule has 3 amide bonds. The van der Waals surface area contributed by atoms with E-state index >= 15 is 0 Å². The first-order valence-corrected chi connectivity index (χ1v) is 14.8. The Morgan fingerprint density at radius 3 is 2.60 bits per heavy atom. The zero-order valence-corrected chi connectivity index (χ0v) is 24.4. The van der Waals surface area contributed by atoms with Gasteiger partial charge in [-0.25, -0.2) is 9.78 Å². The van der Waals surface area contributed by atoms with Crippen LogP contribution in [0.1, 0.15) is 11.3 Å². The fourth-order valence-corrected chi connectivity index (χ4v) is 6.83. The summed E-state index contributed by atoms with van der Waals surface area (Å²) in [5.74, 6) is -1.45. The molecule has 2 N–H and O–H groups in total. The number of carbonyl (C=O) groups is 4. The third-order valence-electron chi connectivity index (χ3n) is 6.09. The van der Waals surface area contributed by atoms with Crippen molar-refractivity contribution in [3.63, 3.8) is 0 Å². The molecular weight excluding hydrogens is 605 g/mol. The van der Waals surface area contributed by atoms with Gasteiger partial charge in [0.05, 0.1) is 7.11 Å². The molecule has 2 saturated heterocycles. The number of esters is 1. The molecule has 4 unspecified atom stereocenters. The molecule has 1 aromatic heterocycles. The van der Waals surface area contributed by atoms with Crippen LogP contribution < -0.4 is 15.4 Å². The predicted molar refractivity (Wildman–Crippen MR) is 151 cm³/mol. The Kier molecular flexibility index (Phi) is 10.1. The highest BCUT2D eigenvalue weighted by atomic mass is 35.5. The van der Waals surface area contributed by atoms with Crippen molar-refractivity contribution in [2.75, 3.05) is 37.0 Å². The summed E-state index contributed by atoms with van der Waals surface area (Å²) < 4.78 is 10.7. The van der Waals surface area contributed by atoms with Crippen LogP contribution in [0.15, 0.2) is 34.8 Å². The molecule has 1 aromatic carbocycles. The minimum atomic E-state index is -0.915. The number of thioether (sulfide) groups is 1. The van der Waals surface area contributed by atoms with Crippen LogP contribution in [0.5, 0.6) is 5.75 Å². The Hall–Kier alpha value is -3.07. The smallest absolute Gasteiger partial charge is 0.329 e. The number of anilines is 1. The summed E-state index contributed by atoms with van der Waals surface area (Å²) >= 11 is 14.1. The van der Waals surface area contributed by atoms with Crippen LogP contribution in [0, 0.1) is 5.92 Å². The van der Waals surface area contributed by atoms with Gasteiger partial charge in [-0.15, -0.1) is 46.3 Å². The van der Waals surface area contributed by atoms with Gasteiger partial charge >= 0.3 is 5.97 Å². The van der Waals surface area contributed by atoms with Gasteiger partial charge in [-0.3, -0.25) is 14.4 Å². The van der Waals surface area contributed by atoms with E-state index in [1.54, 1.807) is 31.4 Å². The third-order valence-corrected chi connectivity index (χ3v) is 8.94. The zero-order chi connectivity index (χ0) is 28.8. The second kappa shape index (κ2) is 13.5. The number of amides is 3. The number of rotatable bonds is 11. The molecule has 2 aromatic rings. The maximum atomic E-state index is 13.2. The van der Waals surface area contributed by atoms with Crippen LogP contribution in [-0.4, -0.2) is 88.5 Å². The third kappa shape index (κ3) is 6.45. The van der Waals surface area contributed by atoms with E-state index in [1.165, 1.54) is 29.2 Å². The van der Waals surface area contributed by atoms with Crippen molar-refractivity contribution in [2.24, 2.45) is 11.1 Å². The fourth-order valence-electron chi connectivity index (χ4n) is 4.13. The summed E-state index contributed by atoms with van der Waals surface area (Å²) in [6, 6.07) is 5.27. The number of thiazole rings is 1. The minimum absolute atomic E-state index is 0.0200. The Morgan fingerprint density at radius 2 is 1.95 bits per heavy atom. The molecule has 12 nitrogen and oxygen atoms in total. The van der Waals surface area contributed by atoms with Crippen LogP contribution in [0.3, 0.4) is 0 Å². The quantitative estimate of drug-likeness (QED) is 0.125. The van der Waals surface area contributed by atoms with E-state index in [-0.39, 0.29) is 40.8 Å². The number of hydrogen-bond donors (Lipinski definition) is 2. The molecule has 3 heterocycles. The number of oxime groups is 1. The molecule has 4 atom stereocenters. The average Bonchev–Trinajstić information content (AvgIpc) is 3.44. The van der Waals surface area contributed by atoms with Crippen molar-refractivity contribution < 1.29 is 33.5 Å². The van der Waals surface area contributed by atoms with Crippen LogP contribution in [0.25, 0.3) is 0 Å². The lowest BCUT2D eigenvalue weighted by Crippen LogP contribution is -2.76. The molecule has 2 aliphatic rings. The second-order valence-corrected chi connectivity index (χ2v) is 11.2. The molecular formula is C24H25Cl2N5O7S2. The predicted octanol–water partition coefficient (Wildman–Crippen LogP) is 2.05. The number of halogens is 2. The van der Waals surface area contributed by atoms with E-state index < -0.39 is 41.1 Å². The number of fused-ring (bicyclic) bond motifs is 1. The number of benzene rings is 1. The summed E-state index contributed by atoms with van der Waals surface area (Å²) in [5.41, 5.74) is 0.707. The largest absolute Gasteiger partial charge is 0.497 e. The van der Waals surface area contributed by atoms with Gasteiger partial charge in [0.2, 0.25) is 11.8 Å². The Labute approximate surface area is 247 Å². The molecule has 0 bridgehead atoms. The number of carbonyl (C=O) groups excluding carboxylic acids is 4. The topological polar surface area (TPSA) is 149 Å². The number of nitrogens with one attached hydrogen (secondary N) is 2. The van der Waals surface area contributed by atoms with Gasteiger partial charge < -0.3 is 29.8 Å². The van der Waals surface area contributed by atoms with Crippen LogP contribution in [0.4, 0.5) is 5.13 Å². The first kappa shape index (κ1) is 29.9. The molecule has 2 fully saturated rings. The number of nitrogens with zero attached hydrogens (tertiary/aromatic N) is 3. The highest BCUT2D eigenvalue weighted by molar-refractivity contribution is 8.00. The van der Waals surface area contributed by atoms with E-state index in [2.05, 4.69) is 20.8 Å². The Morgan fingerprint density at radius 1 is 1.20 bits per heavy atom. The molecule has 4 rings (SSSR count). The lowest BCUT2D eigenvalue weighted by atomic mass is 9.94. The molecule has 40 heavy (non-hydrogen) atoms. The van der Waals surface area contributed by atoms with Gasteiger partial charge in [-0.05, 0) is 17.7 Å². The number of aromatic nitrogens is 1. The van der Waals surface area contributed by atoms with E-state index in [0.717, 1.165) is 16.9 Å². The first-order chi connectivity index (χ1) is 19.3. The van der Waals surface area contributed by atoms with Gasteiger partial charge in [-0.2, -0.15) is 0 Å². The maximum absolute atomic E-state index is 13.2. The number of β-lactam (4-membered cyclic amide) rings is 1. The first-order valence-electron chi connectivity index (χ1n) is 11.8. The van der Waals surface area contributed by atoms with Crippen LogP contribution in [-0.2, 0) is 35.4 Å². The number of ether oxygens (including phenoxy) is 2. The van der Waals surface area contributed by atoms with Gasteiger partial charge in [0.25, 0.3) is 5.91 Å². The molecule has 0 radical (unpaired) electrons. The lowest BCUT2D eigenvalue weighted by Gasteiger charge is -2.54. The van der Waals surface area contributed by atoms with Gasteiger partial charge in [0, 0.05) is 22.9 Å². The standard InChI is InChI=1S/C24H25Cl2N5O7S2/c1-36-14-5-3-12(4-6-14)9-38-23(35)19-13(7-25)10-39-22-18(21(34)31(19)22)29-20(33)17(30-37-2)15-11-40-24(27-15)28-16(32)8-26/h3-6,11,13,18-19,22H,7-10H2,1-2H3,(H,29,33)(H,27,28,32)/b30-17+. The molecule has 0 spiro atoms. The highest BCUT2D eigenvalue weighted by Crippen LogP contribution is 2.41. The Balaban J connectivity index is 1.42. The SMILES string of the molecule is CO/N=C(/C(=O)NC1C(=O)N2C1SCC(CCl)C2C(=O)OCc1ccc(OC)cc1)c1csc(NC(=O)CCl)n1. The molecule has 2 aliphatic heterocycles. The molecule has 0 aliphatic carbocycles. The van der Waals surface area contributed by atoms with Crippen molar-refractivity contribution >= 4 is 80.8 Å². The second-order valence-electron chi connectivity index (χ2n) is 8.58. The van der Waals surface area contributed by atoms with E-state index in [9.17, 15) is 19.2 Å². The summed E-state index contributed by atoms with van der Waals surface area (Å²) in [6.45, 7) is 0.0200. The van der Waals surface area contributed by atoms with Gasteiger partial charge in [0.1, 0.15) is 48.5 Å². The van der Waals surface area contributed by atoms with Crippen molar-refractivity contribution in [1.82, 2.24) is 15.2 Å². The van der Waals surface area contributed by atoms with Gasteiger partial charge in [0.15, 0.2) is 10.8 Å². The summed E-state index contributed by atoms with van der Waals surface area (Å²) in [4.78, 5) is 61.4. The van der Waals surface area contributed by atoms with Crippen molar-refractivity contribution in [3.05, 3.63) is 40.9 Å². The van der Waals surface area contributed by atoms with E-state index in [0.29, 0.717) is 11.5 Å². The average molecular weight is 631 g/mol. The van der Waals surface area contributed by atoms with Crippen molar-refractivity contribution in [3.8, 4) is 5.75 Å². The van der Waals surface area contributed by atoms with Crippen molar-refractivity contribution in [2.45, 2.75) is 24.1 Å². The minimum Gasteiger partial charge on any atom is -0.497 e. The maximum Gasteiger partial charge on any atom is 0.329 e. The number of hydrogen-bond acceptors (Lipinski definition) is 11. The normalized spacial score (nSPS) is 22.1. The lowest BCUT2D eigenvalue weighted by molar-refractivity contribution is -0.168. The van der Waals surface area contributed by atoms with Crippen LogP contribution in [0.2, 0.25) is 0 Å². The molecule has 16 heteroatoms. The van der Waals surface area contributed by atoms with Crippen molar-refractivity contribution in [1.29, 1.82) is 0 Å².